The Balaban J connectivity index is 1.77. The molecule has 0 saturated carbocycles. The Kier molecular flexibility index (Phi) is 6.68. The van der Waals surface area contributed by atoms with Gasteiger partial charge >= 0.3 is 5.97 Å². The zero-order valence-electron chi connectivity index (χ0n) is 18.4. The first kappa shape index (κ1) is 22.4. The summed E-state index contributed by atoms with van der Waals surface area (Å²) in [6, 6.07) is 8.00. The van der Waals surface area contributed by atoms with Crippen molar-refractivity contribution in [3.8, 4) is 0 Å². The van der Waals surface area contributed by atoms with Gasteiger partial charge in [0.25, 0.3) is 5.91 Å². The van der Waals surface area contributed by atoms with Gasteiger partial charge in [-0.05, 0) is 31.9 Å². The molecule has 0 spiro atoms. The molecule has 0 bridgehead atoms. The Morgan fingerprint density at radius 2 is 1.90 bits per heavy atom. The van der Waals surface area contributed by atoms with Gasteiger partial charge in [-0.2, -0.15) is 5.10 Å². The average molecular weight is 426 g/mol. The summed E-state index contributed by atoms with van der Waals surface area (Å²) < 4.78 is 20.9. The van der Waals surface area contributed by atoms with E-state index < -0.39 is 18.5 Å². The summed E-state index contributed by atoms with van der Waals surface area (Å²) in [5.41, 5.74) is 2.06. The second-order valence-electron chi connectivity index (χ2n) is 8.09. The number of benzene rings is 1. The Bertz CT molecular complexity index is 1110. The fourth-order valence-corrected chi connectivity index (χ4v) is 3.17. The monoisotopic (exact) mass is 426 g/mol. The lowest BCUT2D eigenvalue weighted by Crippen LogP contribution is -2.31. The van der Waals surface area contributed by atoms with Crippen LogP contribution in [-0.2, 0) is 16.1 Å². The minimum absolute atomic E-state index is 0.0740. The van der Waals surface area contributed by atoms with Crippen molar-refractivity contribution in [2.24, 2.45) is 0 Å². The van der Waals surface area contributed by atoms with Crippen LogP contribution in [-0.4, -0.2) is 45.2 Å². The molecule has 0 radical (unpaired) electrons. The number of carbonyl (C=O) groups is 2. The normalized spacial score (nSPS) is 11.4. The third-order valence-electron chi connectivity index (χ3n) is 5.00. The van der Waals surface area contributed by atoms with Crippen molar-refractivity contribution in [1.29, 1.82) is 0 Å². The van der Waals surface area contributed by atoms with Gasteiger partial charge in [-0.25, -0.2) is 18.9 Å². The Hall–Kier alpha value is -3.29. The lowest BCUT2D eigenvalue weighted by atomic mass is 10.1. The van der Waals surface area contributed by atoms with E-state index in [0.29, 0.717) is 22.2 Å². The fraction of sp³-hybridized carbons (Fsp3) is 0.391. The first-order chi connectivity index (χ1) is 14.7. The van der Waals surface area contributed by atoms with Gasteiger partial charge in [0.2, 0.25) is 0 Å². The number of fused-ring (bicyclic) bond motifs is 1. The number of pyridine rings is 1. The van der Waals surface area contributed by atoms with Crippen LogP contribution in [0.1, 0.15) is 61.3 Å². The summed E-state index contributed by atoms with van der Waals surface area (Å²) in [5.74, 6) is -1.34. The zero-order valence-corrected chi connectivity index (χ0v) is 18.4. The summed E-state index contributed by atoms with van der Waals surface area (Å²) >= 11 is 0. The van der Waals surface area contributed by atoms with Crippen LogP contribution in [0.15, 0.2) is 36.5 Å². The molecule has 0 saturated heterocycles. The first-order valence-electron chi connectivity index (χ1n) is 10.2. The highest BCUT2D eigenvalue weighted by atomic mass is 19.1. The molecule has 8 heteroatoms. The van der Waals surface area contributed by atoms with E-state index in [1.807, 2.05) is 27.7 Å². The predicted molar refractivity (Wildman–Crippen MR) is 115 cm³/mol. The highest BCUT2D eigenvalue weighted by Crippen LogP contribution is 2.25. The molecule has 0 fully saturated rings. The molecule has 1 aromatic carbocycles. The van der Waals surface area contributed by atoms with E-state index in [0.717, 1.165) is 5.69 Å². The van der Waals surface area contributed by atoms with E-state index in [2.05, 4.69) is 10.1 Å². The van der Waals surface area contributed by atoms with Crippen LogP contribution in [0.4, 0.5) is 4.39 Å². The van der Waals surface area contributed by atoms with Crippen LogP contribution >= 0.6 is 0 Å². The summed E-state index contributed by atoms with van der Waals surface area (Å²) in [6.07, 6.45) is 1.59. The standard InChI is InChI=1S/C23H27FN4O3/c1-14(2)20-10-17(18-11-25-28(15(3)4)22(18)26-20)23(30)31-13-21(29)27(5)12-16-8-6-7-9-19(16)24/h6-11,14-15H,12-13H2,1-5H3. The number of halogens is 1. The summed E-state index contributed by atoms with van der Waals surface area (Å²) in [7, 11) is 1.54. The molecule has 0 aliphatic heterocycles. The van der Waals surface area contributed by atoms with Crippen molar-refractivity contribution in [3.63, 3.8) is 0 Å². The number of aromatic nitrogens is 3. The fourth-order valence-electron chi connectivity index (χ4n) is 3.17. The lowest BCUT2D eigenvalue weighted by Gasteiger charge is -2.18. The molecule has 7 nitrogen and oxygen atoms in total. The molecule has 3 rings (SSSR count). The summed E-state index contributed by atoms with van der Waals surface area (Å²) in [6.45, 7) is 7.59. The van der Waals surface area contributed by atoms with Gasteiger partial charge < -0.3 is 9.64 Å². The van der Waals surface area contributed by atoms with E-state index in [-0.39, 0.29) is 24.3 Å². The van der Waals surface area contributed by atoms with Crippen LogP contribution in [0.2, 0.25) is 0 Å². The number of nitrogens with zero attached hydrogens (tertiary/aromatic N) is 4. The molecule has 0 N–H and O–H groups in total. The van der Waals surface area contributed by atoms with Gasteiger partial charge in [-0.15, -0.1) is 0 Å². The molecule has 0 aliphatic carbocycles. The topological polar surface area (TPSA) is 77.3 Å². The number of hydrogen-bond acceptors (Lipinski definition) is 5. The maximum Gasteiger partial charge on any atom is 0.339 e. The SMILES string of the molecule is CC(C)c1cc(C(=O)OCC(=O)N(C)Cc2ccccc2F)c2cnn(C(C)C)c2n1. The van der Waals surface area contributed by atoms with Crippen molar-refractivity contribution in [1.82, 2.24) is 19.7 Å². The minimum Gasteiger partial charge on any atom is -0.452 e. The molecule has 1 amide bonds. The predicted octanol–water partition coefficient (Wildman–Crippen LogP) is 4.09. The van der Waals surface area contributed by atoms with Crippen LogP contribution < -0.4 is 0 Å². The molecule has 2 heterocycles. The third-order valence-corrected chi connectivity index (χ3v) is 5.00. The second kappa shape index (κ2) is 9.24. The van der Waals surface area contributed by atoms with Gasteiger partial charge in [-0.1, -0.05) is 32.0 Å². The maximum atomic E-state index is 13.8. The van der Waals surface area contributed by atoms with Crippen molar-refractivity contribution >= 4 is 22.9 Å². The highest BCUT2D eigenvalue weighted by molar-refractivity contribution is 6.03. The molecule has 164 valence electrons. The highest BCUT2D eigenvalue weighted by Gasteiger charge is 2.21. The number of hydrogen-bond donors (Lipinski definition) is 0. The number of esters is 1. The Labute approximate surface area is 180 Å². The van der Waals surface area contributed by atoms with E-state index >= 15 is 0 Å². The first-order valence-corrected chi connectivity index (χ1v) is 10.2. The van der Waals surface area contributed by atoms with E-state index in [4.69, 9.17) is 4.74 Å². The average Bonchev–Trinajstić information content (AvgIpc) is 3.16. The molecule has 31 heavy (non-hydrogen) atoms. The number of amides is 1. The molecular weight excluding hydrogens is 399 g/mol. The molecule has 2 aromatic heterocycles. The molecular formula is C23H27FN4O3. The smallest absolute Gasteiger partial charge is 0.339 e. The van der Waals surface area contributed by atoms with E-state index in [1.165, 1.54) is 18.0 Å². The van der Waals surface area contributed by atoms with Gasteiger partial charge in [0, 0.05) is 30.9 Å². The third kappa shape index (κ3) is 4.90. The number of likely N-dealkylation sites (N-methyl/N-ethyl adjacent to an activating group) is 1. The van der Waals surface area contributed by atoms with Crippen LogP contribution in [0.25, 0.3) is 11.0 Å². The van der Waals surface area contributed by atoms with Crippen molar-refractivity contribution in [2.45, 2.75) is 46.2 Å². The van der Waals surface area contributed by atoms with Gasteiger partial charge in [-0.3, -0.25) is 4.79 Å². The van der Waals surface area contributed by atoms with Gasteiger partial charge in [0.15, 0.2) is 12.3 Å². The van der Waals surface area contributed by atoms with Crippen molar-refractivity contribution < 1.29 is 18.7 Å². The second-order valence-corrected chi connectivity index (χ2v) is 8.09. The molecule has 0 aliphatic rings. The van der Waals surface area contributed by atoms with Crippen molar-refractivity contribution in [2.75, 3.05) is 13.7 Å². The summed E-state index contributed by atoms with van der Waals surface area (Å²) in [4.78, 5) is 31.2. The molecule has 3 aromatic rings. The van der Waals surface area contributed by atoms with Gasteiger partial charge in [0.1, 0.15) is 5.82 Å². The Morgan fingerprint density at radius 1 is 1.19 bits per heavy atom. The molecule has 0 unspecified atom stereocenters. The number of carbonyl (C=O) groups excluding carboxylic acids is 2. The number of rotatable bonds is 7. The Morgan fingerprint density at radius 3 is 2.55 bits per heavy atom. The summed E-state index contributed by atoms with van der Waals surface area (Å²) in [5, 5.41) is 4.93. The lowest BCUT2D eigenvalue weighted by molar-refractivity contribution is -0.133. The van der Waals surface area contributed by atoms with E-state index in [9.17, 15) is 14.0 Å². The van der Waals surface area contributed by atoms with Crippen molar-refractivity contribution in [3.05, 3.63) is 59.2 Å². The van der Waals surface area contributed by atoms with Crippen LogP contribution in [0, 0.1) is 5.82 Å². The largest absolute Gasteiger partial charge is 0.452 e. The molecule has 0 atom stereocenters. The quantitative estimate of drug-likeness (QED) is 0.532. The maximum absolute atomic E-state index is 13.8. The zero-order chi connectivity index (χ0) is 22.7. The van der Waals surface area contributed by atoms with Crippen LogP contribution in [0.5, 0.6) is 0 Å². The van der Waals surface area contributed by atoms with Gasteiger partial charge in [0.05, 0.1) is 17.1 Å². The van der Waals surface area contributed by atoms with E-state index in [1.54, 1.807) is 35.1 Å². The minimum atomic E-state index is -0.620. The number of ether oxygens (including phenoxy) is 1. The van der Waals surface area contributed by atoms with Crippen LogP contribution in [0.3, 0.4) is 0 Å².